The molecule has 2 aromatic rings. The van der Waals surface area contributed by atoms with Crippen LogP contribution in [-0.4, -0.2) is 23.9 Å². The highest BCUT2D eigenvalue weighted by Crippen LogP contribution is 2.45. The minimum absolute atomic E-state index is 0.327. The van der Waals surface area contributed by atoms with Crippen LogP contribution in [-0.2, 0) is 11.3 Å². The molecule has 1 aliphatic heterocycles. The van der Waals surface area contributed by atoms with Crippen molar-refractivity contribution in [3.05, 3.63) is 65.2 Å². The number of rotatable bonds is 7. The van der Waals surface area contributed by atoms with Crippen LogP contribution in [0, 0.1) is 0 Å². The number of benzene rings is 2. The van der Waals surface area contributed by atoms with Crippen molar-refractivity contribution in [3.8, 4) is 0 Å². The molecule has 0 amide bonds. The van der Waals surface area contributed by atoms with E-state index in [1.165, 1.54) is 15.5 Å². The van der Waals surface area contributed by atoms with Crippen LogP contribution < -0.4 is 0 Å². The topological polar surface area (TPSA) is 21.6 Å². The van der Waals surface area contributed by atoms with Gasteiger partial charge in [0.2, 0.25) is 0 Å². The monoisotopic (exact) mass is 347 g/mol. The third-order valence-corrected chi connectivity index (χ3v) is 6.94. The largest absolute Gasteiger partial charge is 0.377 e. The van der Waals surface area contributed by atoms with E-state index in [1.54, 1.807) is 0 Å². The summed E-state index contributed by atoms with van der Waals surface area (Å²) in [6.45, 7) is 2.41. The average Bonchev–Trinajstić information content (AvgIpc) is 3.04. The Hall–Kier alpha value is -1.29. The lowest BCUT2D eigenvalue weighted by Crippen LogP contribution is -2.02. The van der Waals surface area contributed by atoms with Gasteiger partial charge in [-0.05, 0) is 30.5 Å². The molecular weight excluding hydrogens is 326 g/mol. The molecule has 0 saturated carbocycles. The molecule has 0 aromatic heterocycles. The Labute approximate surface area is 145 Å². The molecule has 0 saturated heterocycles. The van der Waals surface area contributed by atoms with Crippen molar-refractivity contribution in [1.29, 1.82) is 0 Å². The van der Waals surface area contributed by atoms with Crippen LogP contribution in [0.3, 0.4) is 0 Å². The number of hydrogen-bond donors (Lipinski definition) is 1. The van der Waals surface area contributed by atoms with Crippen molar-refractivity contribution in [3.63, 3.8) is 0 Å². The SMILES string of the molecule is Clc1ccccc1[SH]1CCN=C1CCCOCc1ccccc1. The zero-order chi connectivity index (χ0) is 15.9. The zero-order valence-electron chi connectivity index (χ0n) is 13.1. The predicted octanol–water partition coefficient (Wildman–Crippen LogP) is 5.11. The fraction of sp³-hybridized carbons (Fsp3) is 0.316. The summed E-state index contributed by atoms with van der Waals surface area (Å²) in [7, 11) is -0.327. The normalized spacial score (nSPS) is 18.8. The van der Waals surface area contributed by atoms with Crippen LogP contribution in [0.4, 0.5) is 0 Å². The number of halogens is 1. The van der Waals surface area contributed by atoms with Gasteiger partial charge in [0.1, 0.15) is 0 Å². The second-order valence-electron chi connectivity index (χ2n) is 5.54. The Morgan fingerprint density at radius 1 is 1.04 bits per heavy atom. The molecule has 0 aliphatic carbocycles. The predicted molar refractivity (Wildman–Crippen MR) is 101 cm³/mol. The van der Waals surface area contributed by atoms with Crippen LogP contribution in [0.25, 0.3) is 0 Å². The molecule has 1 heterocycles. The minimum atomic E-state index is -0.327. The molecule has 1 unspecified atom stereocenters. The Kier molecular flexibility index (Phi) is 6.14. The summed E-state index contributed by atoms with van der Waals surface area (Å²) in [5.74, 6) is 1.14. The van der Waals surface area contributed by atoms with Crippen LogP contribution in [0.2, 0.25) is 5.02 Å². The highest BCUT2D eigenvalue weighted by Gasteiger charge is 2.20. The van der Waals surface area contributed by atoms with Gasteiger partial charge in [-0.15, -0.1) is 0 Å². The number of thiol groups is 1. The second-order valence-corrected chi connectivity index (χ2v) is 8.25. The van der Waals surface area contributed by atoms with Gasteiger partial charge >= 0.3 is 0 Å². The van der Waals surface area contributed by atoms with Crippen molar-refractivity contribution in [1.82, 2.24) is 0 Å². The van der Waals surface area contributed by atoms with Crippen LogP contribution in [0.5, 0.6) is 0 Å². The maximum Gasteiger partial charge on any atom is 0.0716 e. The summed E-state index contributed by atoms with van der Waals surface area (Å²) < 4.78 is 5.77. The van der Waals surface area contributed by atoms with E-state index in [9.17, 15) is 0 Å². The number of aliphatic imine (C=N–C) groups is 1. The first-order valence-electron chi connectivity index (χ1n) is 8.01. The van der Waals surface area contributed by atoms with Gasteiger partial charge in [-0.1, -0.05) is 54.1 Å². The van der Waals surface area contributed by atoms with Gasteiger partial charge in [0.05, 0.1) is 16.7 Å². The molecule has 0 radical (unpaired) electrons. The van der Waals surface area contributed by atoms with Crippen LogP contribution >= 0.6 is 22.5 Å². The summed E-state index contributed by atoms with van der Waals surface area (Å²) >= 11 is 6.36. The Morgan fingerprint density at radius 3 is 2.65 bits per heavy atom. The van der Waals surface area contributed by atoms with E-state index in [2.05, 4.69) is 24.3 Å². The van der Waals surface area contributed by atoms with Crippen LogP contribution in [0.1, 0.15) is 18.4 Å². The first kappa shape index (κ1) is 16.6. The molecule has 122 valence electrons. The molecule has 1 aliphatic rings. The fourth-order valence-electron chi connectivity index (χ4n) is 2.73. The van der Waals surface area contributed by atoms with E-state index >= 15 is 0 Å². The van der Waals surface area contributed by atoms with Gasteiger partial charge in [0.15, 0.2) is 0 Å². The summed E-state index contributed by atoms with van der Waals surface area (Å²) in [5, 5.41) is 2.23. The zero-order valence-corrected chi connectivity index (χ0v) is 14.8. The number of ether oxygens (including phenoxy) is 1. The lowest BCUT2D eigenvalue weighted by atomic mass is 10.2. The maximum absolute atomic E-state index is 6.36. The van der Waals surface area contributed by atoms with E-state index in [1.807, 2.05) is 30.3 Å². The van der Waals surface area contributed by atoms with Crippen molar-refractivity contribution >= 4 is 27.5 Å². The molecule has 0 spiro atoms. The van der Waals surface area contributed by atoms with E-state index < -0.39 is 0 Å². The highest BCUT2D eigenvalue weighted by molar-refractivity contribution is 8.30. The van der Waals surface area contributed by atoms with Crippen molar-refractivity contribution in [2.45, 2.75) is 24.3 Å². The second kappa shape index (κ2) is 8.53. The van der Waals surface area contributed by atoms with E-state index in [4.69, 9.17) is 21.3 Å². The van der Waals surface area contributed by atoms with Gasteiger partial charge in [0.25, 0.3) is 0 Å². The van der Waals surface area contributed by atoms with E-state index in [0.717, 1.165) is 36.8 Å². The molecule has 23 heavy (non-hydrogen) atoms. The highest BCUT2D eigenvalue weighted by atomic mass is 35.5. The quantitative estimate of drug-likeness (QED) is 0.545. The summed E-state index contributed by atoms with van der Waals surface area (Å²) in [5.41, 5.74) is 1.23. The average molecular weight is 348 g/mol. The van der Waals surface area contributed by atoms with Crippen molar-refractivity contribution in [2.75, 3.05) is 18.9 Å². The first-order chi connectivity index (χ1) is 11.3. The molecule has 1 atom stereocenters. The molecule has 2 aromatic carbocycles. The lowest BCUT2D eigenvalue weighted by Gasteiger charge is -2.19. The van der Waals surface area contributed by atoms with Gasteiger partial charge in [-0.2, -0.15) is 10.9 Å². The molecule has 0 fully saturated rings. The van der Waals surface area contributed by atoms with E-state index in [-0.39, 0.29) is 10.9 Å². The fourth-order valence-corrected chi connectivity index (χ4v) is 5.55. The van der Waals surface area contributed by atoms with Gasteiger partial charge < -0.3 is 4.74 Å². The standard InChI is InChI=1S/C19H22ClNOS/c20-17-9-4-5-10-18(17)23-14-12-21-19(23)11-6-13-22-15-16-7-2-1-3-8-16/h1-5,7-10,23H,6,11-15H2. The first-order valence-corrected chi connectivity index (χ1v) is 9.92. The smallest absolute Gasteiger partial charge is 0.0716 e. The van der Waals surface area contributed by atoms with Crippen molar-refractivity contribution in [2.24, 2.45) is 4.99 Å². The Morgan fingerprint density at radius 2 is 1.83 bits per heavy atom. The number of hydrogen-bond acceptors (Lipinski definition) is 2. The van der Waals surface area contributed by atoms with Crippen LogP contribution in [0.15, 0.2) is 64.5 Å². The Bertz CT molecular complexity index is 659. The van der Waals surface area contributed by atoms with E-state index in [0.29, 0.717) is 6.61 Å². The molecule has 0 bridgehead atoms. The molecule has 2 nitrogen and oxygen atoms in total. The lowest BCUT2D eigenvalue weighted by molar-refractivity contribution is 0.120. The van der Waals surface area contributed by atoms with Crippen molar-refractivity contribution < 1.29 is 4.74 Å². The molecule has 0 N–H and O–H groups in total. The van der Waals surface area contributed by atoms with Gasteiger partial charge in [-0.3, -0.25) is 4.99 Å². The summed E-state index contributed by atoms with van der Waals surface area (Å²) in [4.78, 5) is 6.00. The molecule has 3 rings (SSSR count). The third-order valence-electron chi connectivity index (χ3n) is 3.87. The summed E-state index contributed by atoms with van der Waals surface area (Å²) in [6.07, 6.45) is 2.04. The van der Waals surface area contributed by atoms with Gasteiger partial charge in [0, 0.05) is 23.8 Å². The number of nitrogens with zero attached hydrogens (tertiary/aromatic N) is 1. The van der Waals surface area contributed by atoms with Gasteiger partial charge in [-0.25, -0.2) is 0 Å². The maximum atomic E-state index is 6.36. The Balaban J connectivity index is 1.45. The minimum Gasteiger partial charge on any atom is -0.377 e. The molecular formula is C19H22ClNOS. The molecule has 4 heteroatoms. The third kappa shape index (κ3) is 4.60. The summed E-state index contributed by atoms with van der Waals surface area (Å²) in [6, 6.07) is 18.5.